The lowest BCUT2D eigenvalue weighted by Gasteiger charge is -2.13. The standard InChI is InChI=1S/C10H19N3O3/c1-2-13-4-3-8(7-13)5-11-10(16)12-6-9(14)15/h8H,2-7H2,1H3,(H,14,15)(H2,11,12,16). The van der Waals surface area contributed by atoms with Crippen LogP contribution in [0.15, 0.2) is 0 Å². The number of rotatable bonds is 5. The molecule has 6 nitrogen and oxygen atoms in total. The van der Waals surface area contributed by atoms with Crippen LogP contribution in [0.3, 0.4) is 0 Å². The monoisotopic (exact) mass is 229 g/mol. The third-order valence-corrected chi connectivity index (χ3v) is 2.77. The molecule has 1 unspecified atom stereocenters. The molecule has 0 aromatic rings. The Balaban J connectivity index is 2.10. The van der Waals surface area contributed by atoms with Gasteiger partial charge in [-0.3, -0.25) is 4.79 Å². The smallest absolute Gasteiger partial charge is 0.323 e. The van der Waals surface area contributed by atoms with Crippen molar-refractivity contribution < 1.29 is 14.7 Å². The van der Waals surface area contributed by atoms with Crippen molar-refractivity contribution in [2.45, 2.75) is 13.3 Å². The maximum atomic E-state index is 11.2. The number of hydrogen-bond acceptors (Lipinski definition) is 3. The van der Waals surface area contributed by atoms with E-state index < -0.39 is 12.0 Å². The van der Waals surface area contributed by atoms with Gasteiger partial charge in [0.1, 0.15) is 6.54 Å². The van der Waals surface area contributed by atoms with Crippen molar-refractivity contribution in [2.75, 3.05) is 32.7 Å². The van der Waals surface area contributed by atoms with Crippen molar-refractivity contribution in [3.8, 4) is 0 Å². The molecular weight excluding hydrogens is 210 g/mol. The van der Waals surface area contributed by atoms with Gasteiger partial charge in [-0.15, -0.1) is 0 Å². The van der Waals surface area contributed by atoms with Crippen LogP contribution >= 0.6 is 0 Å². The highest BCUT2D eigenvalue weighted by Crippen LogP contribution is 2.14. The molecule has 0 aromatic heterocycles. The Morgan fingerprint density at radius 1 is 1.44 bits per heavy atom. The molecule has 1 aliphatic heterocycles. The van der Waals surface area contributed by atoms with Crippen LogP contribution < -0.4 is 10.6 Å². The zero-order valence-corrected chi connectivity index (χ0v) is 9.53. The zero-order valence-electron chi connectivity index (χ0n) is 9.53. The number of urea groups is 1. The molecule has 0 radical (unpaired) electrons. The molecule has 1 fully saturated rings. The van der Waals surface area contributed by atoms with Crippen LogP contribution in [0.1, 0.15) is 13.3 Å². The highest BCUT2D eigenvalue weighted by molar-refractivity contribution is 5.79. The van der Waals surface area contributed by atoms with Crippen LogP contribution in [0.4, 0.5) is 4.79 Å². The van der Waals surface area contributed by atoms with Crippen LogP contribution in [0, 0.1) is 5.92 Å². The zero-order chi connectivity index (χ0) is 12.0. The second kappa shape index (κ2) is 6.32. The summed E-state index contributed by atoms with van der Waals surface area (Å²) < 4.78 is 0. The van der Waals surface area contributed by atoms with Crippen molar-refractivity contribution in [2.24, 2.45) is 5.92 Å². The molecule has 1 heterocycles. The van der Waals surface area contributed by atoms with Gasteiger partial charge in [0, 0.05) is 13.1 Å². The molecule has 6 heteroatoms. The van der Waals surface area contributed by atoms with E-state index in [1.165, 1.54) is 0 Å². The second-order valence-electron chi connectivity index (χ2n) is 4.01. The number of carbonyl (C=O) groups excluding carboxylic acids is 1. The van der Waals surface area contributed by atoms with Gasteiger partial charge in [-0.1, -0.05) is 6.92 Å². The number of nitrogens with one attached hydrogen (secondary N) is 2. The Morgan fingerprint density at radius 3 is 2.75 bits per heavy atom. The average Bonchev–Trinajstić information content (AvgIpc) is 2.71. The van der Waals surface area contributed by atoms with Crippen LogP contribution in [0.2, 0.25) is 0 Å². The highest BCUT2D eigenvalue weighted by Gasteiger charge is 2.21. The third-order valence-electron chi connectivity index (χ3n) is 2.77. The lowest BCUT2D eigenvalue weighted by Crippen LogP contribution is -2.40. The molecule has 1 saturated heterocycles. The largest absolute Gasteiger partial charge is 0.480 e. The fraction of sp³-hybridized carbons (Fsp3) is 0.800. The molecule has 0 aromatic carbocycles. The van der Waals surface area contributed by atoms with Crippen LogP contribution in [-0.4, -0.2) is 54.7 Å². The van der Waals surface area contributed by atoms with Gasteiger partial charge in [-0.25, -0.2) is 4.79 Å². The molecule has 3 N–H and O–H groups in total. The minimum absolute atomic E-state index is 0.336. The molecule has 1 atom stereocenters. The minimum atomic E-state index is -1.03. The Labute approximate surface area is 95.0 Å². The number of carbonyl (C=O) groups is 2. The van der Waals surface area contributed by atoms with Gasteiger partial charge in [0.15, 0.2) is 0 Å². The van der Waals surface area contributed by atoms with E-state index in [0.717, 1.165) is 26.1 Å². The van der Waals surface area contributed by atoms with Gasteiger partial charge >= 0.3 is 12.0 Å². The Kier molecular flexibility index (Phi) is 5.04. The summed E-state index contributed by atoms with van der Waals surface area (Å²) in [5, 5.41) is 13.3. The summed E-state index contributed by atoms with van der Waals surface area (Å²) >= 11 is 0. The molecular formula is C10H19N3O3. The average molecular weight is 229 g/mol. The molecule has 1 aliphatic rings. The summed E-state index contributed by atoms with van der Waals surface area (Å²) in [6.45, 7) is 5.53. The first kappa shape index (κ1) is 12.8. The van der Waals surface area contributed by atoms with E-state index in [1.807, 2.05) is 0 Å². The quantitative estimate of drug-likeness (QED) is 0.605. The van der Waals surface area contributed by atoms with Crippen LogP contribution in [-0.2, 0) is 4.79 Å². The molecule has 0 spiro atoms. The molecule has 2 amide bonds. The highest BCUT2D eigenvalue weighted by atomic mass is 16.4. The third kappa shape index (κ3) is 4.48. The molecule has 0 aliphatic carbocycles. The van der Waals surface area contributed by atoms with Gasteiger partial charge in [0.2, 0.25) is 0 Å². The molecule has 0 saturated carbocycles. The number of carboxylic acids is 1. The fourth-order valence-corrected chi connectivity index (χ4v) is 1.82. The van der Waals surface area contributed by atoms with E-state index in [1.54, 1.807) is 0 Å². The van der Waals surface area contributed by atoms with Crippen molar-refractivity contribution in [3.05, 3.63) is 0 Å². The topological polar surface area (TPSA) is 81.7 Å². The molecule has 16 heavy (non-hydrogen) atoms. The minimum Gasteiger partial charge on any atom is -0.480 e. The maximum absolute atomic E-state index is 11.2. The first-order valence-electron chi connectivity index (χ1n) is 5.57. The number of aliphatic carboxylic acids is 1. The van der Waals surface area contributed by atoms with Gasteiger partial charge in [0.05, 0.1) is 0 Å². The fourth-order valence-electron chi connectivity index (χ4n) is 1.82. The van der Waals surface area contributed by atoms with Crippen molar-refractivity contribution in [3.63, 3.8) is 0 Å². The predicted octanol–water partition coefficient (Wildman–Crippen LogP) is -0.288. The number of nitrogens with zero attached hydrogens (tertiary/aromatic N) is 1. The summed E-state index contributed by atoms with van der Waals surface area (Å²) in [5.74, 6) is -0.552. The number of hydrogen-bond donors (Lipinski definition) is 3. The lowest BCUT2D eigenvalue weighted by atomic mass is 10.1. The predicted molar refractivity (Wildman–Crippen MR) is 59.3 cm³/mol. The Morgan fingerprint density at radius 2 is 2.19 bits per heavy atom. The molecule has 92 valence electrons. The number of carboxylic acid groups (broad SMARTS) is 1. The summed E-state index contributed by atoms with van der Waals surface area (Å²) in [5.41, 5.74) is 0. The summed E-state index contributed by atoms with van der Waals surface area (Å²) in [6.07, 6.45) is 1.09. The summed E-state index contributed by atoms with van der Waals surface area (Å²) in [6, 6.07) is -0.405. The van der Waals surface area contributed by atoms with E-state index in [9.17, 15) is 9.59 Å². The van der Waals surface area contributed by atoms with Gasteiger partial charge in [-0.05, 0) is 25.4 Å². The SMILES string of the molecule is CCN1CCC(CNC(=O)NCC(=O)O)C1. The van der Waals surface area contributed by atoms with Gasteiger partial charge in [-0.2, -0.15) is 0 Å². The summed E-state index contributed by atoms with van der Waals surface area (Å²) in [7, 11) is 0. The maximum Gasteiger partial charge on any atom is 0.323 e. The normalized spacial score (nSPS) is 20.7. The molecule has 0 bridgehead atoms. The van der Waals surface area contributed by atoms with Crippen LogP contribution in [0.5, 0.6) is 0 Å². The summed E-state index contributed by atoms with van der Waals surface area (Å²) in [4.78, 5) is 23.7. The first-order chi connectivity index (χ1) is 7.61. The van der Waals surface area contributed by atoms with Crippen molar-refractivity contribution in [1.82, 2.24) is 15.5 Å². The number of amides is 2. The van der Waals surface area contributed by atoms with Gasteiger partial charge < -0.3 is 20.6 Å². The van der Waals surface area contributed by atoms with Crippen molar-refractivity contribution >= 4 is 12.0 Å². The Bertz CT molecular complexity index is 258. The van der Waals surface area contributed by atoms with Gasteiger partial charge in [0.25, 0.3) is 0 Å². The first-order valence-corrected chi connectivity index (χ1v) is 5.57. The number of likely N-dealkylation sites (tertiary alicyclic amines) is 1. The van der Waals surface area contributed by atoms with E-state index in [2.05, 4.69) is 22.5 Å². The van der Waals surface area contributed by atoms with Crippen molar-refractivity contribution in [1.29, 1.82) is 0 Å². The van der Waals surface area contributed by atoms with E-state index in [4.69, 9.17) is 5.11 Å². The second-order valence-corrected chi connectivity index (χ2v) is 4.01. The lowest BCUT2D eigenvalue weighted by molar-refractivity contribution is -0.135. The van der Waals surface area contributed by atoms with Crippen LogP contribution in [0.25, 0.3) is 0 Å². The van der Waals surface area contributed by atoms with E-state index in [-0.39, 0.29) is 6.54 Å². The Hall–Kier alpha value is -1.30. The van der Waals surface area contributed by atoms with E-state index in [0.29, 0.717) is 12.5 Å². The molecule has 1 rings (SSSR count). The van der Waals surface area contributed by atoms with E-state index >= 15 is 0 Å².